The summed E-state index contributed by atoms with van der Waals surface area (Å²) in [6.45, 7) is 7.05. The molecule has 0 bridgehead atoms. The van der Waals surface area contributed by atoms with Crippen molar-refractivity contribution in [3.05, 3.63) is 29.8 Å². The Morgan fingerprint density at radius 2 is 1.64 bits per heavy atom. The zero-order chi connectivity index (χ0) is 18.7. The largest absolute Gasteiger partial charge is 0.494 e. The first-order valence-electron chi connectivity index (χ1n) is 7.90. The van der Waals surface area contributed by atoms with Gasteiger partial charge in [0.25, 0.3) is 0 Å². The van der Waals surface area contributed by atoms with Crippen LogP contribution in [0.1, 0.15) is 23.7 Å². The summed E-state index contributed by atoms with van der Waals surface area (Å²) in [5.74, 6) is -2.74. The molecule has 0 unspecified atom stereocenters. The fourth-order valence-corrected chi connectivity index (χ4v) is 2.09. The van der Waals surface area contributed by atoms with E-state index in [0.717, 1.165) is 50.6 Å². The van der Waals surface area contributed by atoms with Crippen molar-refractivity contribution >= 4 is 17.7 Å². The summed E-state index contributed by atoms with van der Waals surface area (Å²) in [5.41, 5.74) is 0.723. The van der Waals surface area contributed by atoms with Crippen LogP contribution >= 0.6 is 0 Å². The van der Waals surface area contributed by atoms with E-state index >= 15 is 0 Å². The first-order chi connectivity index (χ1) is 11.9. The van der Waals surface area contributed by atoms with Crippen LogP contribution < -0.4 is 4.74 Å². The van der Waals surface area contributed by atoms with Crippen molar-refractivity contribution in [2.75, 3.05) is 39.5 Å². The molecule has 0 saturated carbocycles. The molecule has 1 saturated heterocycles. The Kier molecular flexibility index (Phi) is 9.20. The van der Waals surface area contributed by atoms with Crippen LogP contribution in [0.5, 0.6) is 5.75 Å². The van der Waals surface area contributed by atoms with Crippen LogP contribution in [0.4, 0.5) is 0 Å². The van der Waals surface area contributed by atoms with E-state index in [0.29, 0.717) is 6.61 Å². The van der Waals surface area contributed by atoms with E-state index < -0.39 is 11.9 Å². The highest BCUT2D eigenvalue weighted by Crippen LogP contribution is 2.12. The highest BCUT2D eigenvalue weighted by Gasteiger charge is 2.09. The first kappa shape index (κ1) is 20.6. The van der Waals surface area contributed by atoms with Gasteiger partial charge in [0, 0.05) is 25.2 Å². The van der Waals surface area contributed by atoms with Crippen LogP contribution in [0.25, 0.3) is 0 Å². The lowest BCUT2D eigenvalue weighted by atomic mass is 10.1. The number of morpholine rings is 1. The van der Waals surface area contributed by atoms with Gasteiger partial charge in [-0.2, -0.15) is 0 Å². The van der Waals surface area contributed by atoms with Gasteiger partial charge >= 0.3 is 11.9 Å². The summed E-state index contributed by atoms with van der Waals surface area (Å²) in [6.07, 6.45) is 1.01. The molecule has 8 heteroatoms. The Labute approximate surface area is 146 Å². The SMILES string of the molecule is CC(=O)c1ccc(OCCCN2CCOCC2)cc1.O=C(O)C(=O)O. The van der Waals surface area contributed by atoms with Crippen LogP contribution in [0.15, 0.2) is 24.3 Å². The average molecular weight is 353 g/mol. The summed E-state index contributed by atoms with van der Waals surface area (Å²) in [7, 11) is 0. The minimum atomic E-state index is -1.82. The second kappa shape index (κ2) is 11.2. The molecular formula is C17H23NO7. The summed E-state index contributed by atoms with van der Waals surface area (Å²) in [6, 6.07) is 7.32. The van der Waals surface area contributed by atoms with E-state index in [9.17, 15) is 4.79 Å². The molecule has 1 fully saturated rings. The number of aliphatic carboxylic acids is 2. The molecule has 1 aliphatic rings. The van der Waals surface area contributed by atoms with Crippen molar-refractivity contribution in [2.45, 2.75) is 13.3 Å². The second-order valence-corrected chi connectivity index (χ2v) is 5.35. The Morgan fingerprint density at radius 3 is 2.12 bits per heavy atom. The number of carbonyl (C=O) groups is 3. The predicted molar refractivity (Wildman–Crippen MR) is 89.1 cm³/mol. The number of carbonyl (C=O) groups excluding carboxylic acids is 1. The minimum Gasteiger partial charge on any atom is -0.494 e. The van der Waals surface area contributed by atoms with Gasteiger partial charge in [0.2, 0.25) is 0 Å². The minimum absolute atomic E-state index is 0.0823. The van der Waals surface area contributed by atoms with Gasteiger partial charge in [0.1, 0.15) is 5.75 Å². The quantitative estimate of drug-likeness (QED) is 0.445. The van der Waals surface area contributed by atoms with Crippen LogP contribution in [-0.2, 0) is 14.3 Å². The molecule has 0 aliphatic carbocycles. The molecule has 8 nitrogen and oxygen atoms in total. The van der Waals surface area contributed by atoms with Gasteiger partial charge in [0.05, 0.1) is 19.8 Å². The first-order valence-corrected chi connectivity index (χ1v) is 7.90. The third kappa shape index (κ3) is 8.83. The highest BCUT2D eigenvalue weighted by molar-refractivity contribution is 6.27. The van der Waals surface area contributed by atoms with Crippen LogP contribution in [-0.4, -0.2) is 72.3 Å². The fraction of sp³-hybridized carbons (Fsp3) is 0.471. The van der Waals surface area contributed by atoms with Crippen molar-refractivity contribution in [3.8, 4) is 5.75 Å². The summed E-state index contributed by atoms with van der Waals surface area (Å²) < 4.78 is 11.0. The van der Waals surface area contributed by atoms with E-state index in [1.165, 1.54) is 0 Å². The van der Waals surface area contributed by atoms with Crippen molar-refractivity contribution in [1.29, 1.82) is 0 Å². The lowest BCUT2D eigenvalue weighted by Gasteiger charge is -2.26. The average Bonchev–Trinajstić information content (AvgIpc) is 2.60. The number of nitrogens with zero attached hydrogens (tertiary/aromatic N) is 1. The molecular weight excluding hydrogens is 330 g/mol. The number of benzene rings is 1. The Bertz CT molecular complexity index is 553. The number of hydrogen-bond donors (Lipinski definition) is 2. The lowest BCUT2D eigenvalue weighted by molar-refractivity contribution is -0.159. The van der Waals surface area contributed by atoms with E-state index in [1.54, 1.807) is 19.1 Å². The smallest absolute Gasteiger partial charge is 0.414 e. The molecule has 138 valence electrons. The van der Waals surface area contributed by atoms with Crippen LogP contribution in [0.3, 0.4) is 0 Å². The molecule has 2 N–H and O–H groups in total. The Morgan fingerprint density at radius 1 is 1.08 bits per heavy atom. The van der Waals surface area contributed by atoms with Gasteiger partial charge < -0.3 is 19.7 Å². The molecule has 0 atom stereocenters. The van der Waals surface area contributed by atoms with E-state index in [1.807, 2.05) is 12.1 Å². The zero-order valence-corrected chi connectivity index (χ0v) is 14.1. The molecule has 2 rings (SSSR count). The van der Waals surface area contributed by atoms with Gasteiger partial charge in [-0.25, -0.2) is 9.59 Å². The van der Waals surface area contributed by atoms with Crippen LogP contribution in [0.2, 0.25) is 0 Å². The maximum atomic E-state index is 11.1. The third-order valence-electron chi connectivity index (χ3n) is 3.43. The maximum absolute atomic E-state index is 11.1. The number of hydrogen-bond acceptors (Lipinski definition) is 6. The predicted octanol–water partition coefficient (Wildman–Crippen LogP) is 1.15. The number of Topliss-reactive ketones (excluding diaryl/α,β-unsaturated/α-hetero) is 1. The molecule has 1 aromatic rings. The molecule has 0 aromatic heterocycles. The molecule has 1 heterocycles. The highest BCUT2D eigenvalue weighted by atomic mass is 16.5. The monoisotopic (exact) mass is 353 g/mol. The Balaban J connectivity index is 0.000000450. The van der Waals surface area contributed by atoms with E-state index in [-0.39, 0.29) is 5.78 Å². The molecule has 0 radical (unpaired) electrons. The third-order valence-corrected chi connectivity index (χ3v) is 3.43. The topological polar surface area (TPSA) is 113 Å². The van der Waals surface area contributed by atoms with E-state index in [4.69, 9.17) is 29.3 Å². The Hall–Kier alpha value is -2.45. The summed E-state index contributed by atoms with van der Waals surface area (Å²) in [5, 5.41) is 14.8. The maximum Gasteiger partial charge on any atom is 0.414 e. The van der Waals surface area contributed by atoms with Gasteiger partial charge in [-0.3, -0.25) is 9.69 Å². The molecule has 1 aliphatic heterocycles. The zero-order valence-electron chi connectivity index (χ0n) is 14.1. The lowest BCUT2D eigenvalue weighted by Crippen LogP contribution is -2.37. The number of carboxylic acids is 2. The number of rotatable bonds is 6. The molecule has 1 aromatic carbocycles. The fourth-order valence-electron chi connectivity index (χ4n) is 2.09. The summed E-state index contributed by atoms with van der Waals surface area (Å²) in [4.78, 5) is 31.7. The van der Waals surface area contributed by atoms with Crippen LogP contribution in [0, 0.1) is 0 Å². The van der Waals surface area contributed by atoms with Gasteiger partial charge in [-0.05, 0) is 37.6 Å². The number of ketones is 1. The van der Waals surface area contributed by atoms with E-state index in [2.05, 4.69) is 4.90 Å². The molecule has 0 spiro atoms. The van der Waals surface area contributed by atoms with Crippen molar-refractivity contribution in [1.82, 2.24) is 4.90 Å². The normalized spacial score (nSPS) is 14.1. The van der Waals surface area contributed by atoms with Crippen molar-refractivity contribution in [3.63, 3.8) is 0 Å². The summed E-state index contributed by atoms with van der Waals surface area (Å²) >= 11 is 0. The standard InChI is InChI=1S/C15H21NO3.C2H2O4/c1-13(17)14-3-5-15(6-4-14)19-10-2-7-16-8-11-18-12-9-16;3-1(4)2(5)6/h3-6H,2,7-12H2,1H3;(H,3,4)(H,5,6). The van der Waals surface area contributed by atoms with Gasteiger partial charge in [-0.1, -0.05) is 0 Å². The van der Waals surface area contributed by atoms with Crippen molar-refractivity contribution < 1.29 is 34.1 Å². The molecule has 0 amide bonds. The second-order valence-electron chi connectivity index (χ2n) is 5.35. The van der Waals surface area contributed by atoms with Gasteiger partial charge in [-0.15, -0.1) is 0 Å². The van der Waals surface area contributed by atoms with Crippen molar-refractivity contribution in [2.24, 2.45) is 0 Å². The molecule has 25 heavy (non-hydrogen) atoms. The number of carboxylic acid groups (broad SMARTS) is 2. The van der Waals surface area contributed by atoms with Gasteiger partial charge in [0.15, 0.2) is 5.78 Å². The number of ether oxygens (including phenoxy) is 2.